The Morgan fingerprint density at radius 3 is 2.04 bits per heavy atom. The minimum Gasteiger partial charge on any atom is -0.481 e. The van der Waals surface area contributed by atoms with Gasteiger partial charge in [-0.1, -0.05) is 57.3 Å². The highest BCUT2D eigenvalue weighted by Crippen LogP contribution is 2.12. The zero-order chi connectivity index (χ0) is 18.0. The fraction of sp³-hybridized carbons (Fsp3) is 0.700. The van der Waals surface area contributed by atoms with Crippen molar-refractivity contribution in [1.82, 2.24) is 0 Å². The molecule has 0 spiro atoms. The Bertz CT molecular complexity index is 396. The van der Waals surface area contributed by atoms with Gasteiger partial charge in [-0.15, -0.1) is 0 Å². The molecule has 0 aromatic carbocycles. The summed E-state index contributed by atoms with van der Waals surface area (Å²) in [5.41, 5.74) is 0.496. The molecule has 0 aromatic rings. The van der Waals surface area contributed by atoms with Gasteiger partial charge in [0.25, 0.3) is 0 Å². The highest BCUT2D eigenvalue weighted by Gasteiger charge is 2.05. The van der Waals surface area contributed by atoms with Crippen LogP contribution in [0.15, 0.2) is 23.8 Å². The summed E-state index contributed by atoms with van der Waals surface area (Å²) in [6.07, 6.45) is 18.0. The fourth-order valence-corrected chi connectivity index (χ4v) is 2.51. The molecule has 0 saturated heterocycles. The monoisotopic (exact) mass is 338 g/mol. The van der Waals surface area contributed by atoms with Crippen molar-refractivity contribution in [2.75, 3.05) is 0 Å². The number of rotatable bonds is 16. The number of carboxylic acids is 2. The number of carboxylic acid groups (broad SMARTS) is 2. The Kier molecular flexibility index (Phi) is 15.2. The van der Waals surface area contributed by atoms with E-state index in [4.69, 9.17) is 5.11 Å². The summed E-state index contributed by atoms with van der Waals surface area (Å²) < 4.78 is 0. The standard InChI is InChI=1S/C20H34O4/c1-2-3-4-5-6-7-9-12-15-18(20(23)24)16-13-10-8-11-14-17-19(21)22/h7,9,16H,2-6,8,10-15,17H2,1H3,(H,21,22)(H,23,24)/b9-7+,18-16-. The third kappa shape index (κ3) is 15.3. The molecule has 4 heteroatoms. The van der Waals surface area contributed by atoms with E-state index >= 15 is 0 Å². The smallest absolute Gasteiger partial charge is 0.331 e. The van der Waals surface area contributed by atoms with Gasteiger partial charge in [-0.3, -0.25) is 4.79 Å². The van der Waals surface area contributed by atoms with E-state index in [0.29, 0.717) is 18.4 Å². The van der Waals surface area contributed by atoms with Crippen molar-refractivity contribution in [3.63, 3.8) is 0 Å². The second-order valence-electron chi connectivity index (χ2n) is 6.24. The summed E-state index contributed by atoms with van der Waals surface area (Å²) in [5, 5.41) is 17.8. The maximum Gasteiger partial charge on any atom is 0.331 e. The summed E-state index contributed by atoms with van der Waals surface area (Å²) in [6.45, 7) is 2.20. The van der Waals surface area contributed by atoms with Crippen LogP contribution in [0.5, 0.6) is 0 Å². The molecular weight excluding hydrogens is 304 g/mol. The summed E-state index contributed by atoms with van der Waals surface area (Å²) in [7, 11) is 0. The van der Waals surface area contributed by atoms with E-state index in [-0.39, 0.29) is 6.42 Å². The lowest BCUT2D eigenvalue weighted by molar-refractivity contribution is -0.137. The fourth-order valence-electron chi connectivity index (χ4n) is 2.51. The van der Waals surface area contributed by atoms with Crippen LogP contribution in [0.25, 0.3) is 0 Å². The van der Waals surface area contributed by atoms with Crippen LogP contribution >= 0.6 is 0 Å². The molecule has 0 rings (SSSR count). The van der Waals surface area contributed by atoms with E-state index in [1.54, 1.807) is 0 Å². The molecule has 2 N–H and O–H groups in total. The maximum atomic E-state index is 11.2. The van der Waals surface area contributed by atoms with E-state index in [1.807, 2.05) is 6.08 Å². The molecule has 0 unspecified atom stereocenters. The van der Waals surface area contributed by atoms with E-state index in [0.717, 1.165) is 38.5 Å². The largest absolute Gasteiger partial charge is 0.481 e. The summed E-state index contributed by atoms with van der Waals surface area (Å²) >= 11 is 0. The van der Waals surface area contributed by atoms with Gasteiger partial charge in [-0.25, -0.2) is 4.79 Å². The lowest BCUT2D eigenvalue weighted by Gasteiger charge is -2.01. The van der Waals surface area contributed by atoms with Gasteiger partial charge in [0.2, 0.25) is 0 Å². The number of carbonyl (C=O) groups is 2. The minimum atomic E-state index is -0.822. The van der Waals surface area contributed by atoms with Crippen LogP contribution in [0, 0.1) is 0 Å². The lowest BCUT2D eigenvalue weighted by atomic mass is 10.1. The van der Waals surface area contributed by atoms with Gasteiger partial charge < -0.3 is 10.2 Å². The van der Waals surface area contributed by atoms with Gasteiger partial charge in [0.05, 0.1) is 0 Å². The van der Waals surface area contributed by atoms with Crippen LogP contribution in [0.2, 0.25) is 0 Å². The van der Waals surface area contributed by atoms with Crippen molar-refractivity contribution in [3.05, 3.63) is 23.8 Å². The molecule has 24 heavy (non-hydrogen) atoms. The average Bonchev–Trinajstić information content (AvgIpc) is 2.53. The second-order valence-corrected chi connectivity index (χ2v) is 6.24. The van der Waals surface area contributed by atoms with Crippen LogP contribution in [-0.4, -0.2) is 22.2 Å². The minimum absolute atomic E-state index is 0.223. The number of allylic oxidation sites excluding steroid dienone is 3. The first-order valence-corrected chi connectivity index (χ1v) is 9.37. The molecule has 0 heterocycles. The molecule has 0 saturated carbocycles. The number of hydrogen-bond donors (Lipinski definition) is 2. The zero-order valence-corrected chi connectivity index (χ0v) is 15.1. The molecule has 0 fully saturated rings. The van der Waals surface area contributed by atoms with Crippen molar-refractivity contribution < 1.29 is 19.8 Å². The van der Waals surface area contributed by atoms with Crippen molar-refractivity contribution in [2.45, 2.75) is 90.4 Å². The van der Waals surface area contributed by atoms with E-state index < -0.39 is 11.9 Å². The summed E-state index contributed by atoms with van der Waals surface area (Å²) in [6, 6.07) is 0. The number of hydrogen-bond acceptors (Lipinski definition) is 2. The first-order chi connectivity index (χ1) is 11.6. The van der Waals surface area contributed by atoms with Crippen LogP contribution in [0.1, 0.15) is 90.4 Å². The molecule has 0 bridgehead atoms. The molecule has 0 radical (unpaired) electrons. The van der Waals surface area contributed by atoms with Crippen LogP contribution in [0.4, 0.5) is 0 Å². The topological polar surface area (TPSA) is 74.6 Å². The van der Waals surface area contributed by atoms with E-state index in [2.05, 4.69) is 19.1 Å². The third-order valence-electron chi connectivity index (χ3n) is 3.98. The SMILES string of the molecule is CCCCCC/C=C/CC/C(=C/CCCCCCC(=O)O)C(=O)O. The average molecular weight is 338 g/mol. The maximum absolute atomic E-state index is 11.2. The molecule has 0 aliphatic heterocycles. The van der Waals surface area contributed by atoms with Crippen molar-refractivity contribution in [3.8, 4) is 0 Å². The summed E-state index contributed by atoms with van der Waals surface area (Å²) in [5.74, 6) is -1.57. The summed E-state index contributed by atoms with van der Waals surface area (Å²) in [4.78, 5) is 21.6. The Morgan fingerprint density at radius 2 is 1.38 bits per heavy atom. The molecule has 0 atom stereocenters. The van der Waals surface area contributed by atoms with Gasteiger partial charge in [0.1, 0.15) is 0 Å². The van der Waals surface area contributed by atoms with Gasteiger partial charge in [0, 0.05) is 12.0 Å². The molecule has 4 nitrogen and oxygen atoms in total. The predicted molar refractivity (Wildman–Crippen MR) is 98.2 cm³/mol. The van der Waals surface area contributed by atoms with E-state index in [1.165, 1.54) is 25.7 Å². The van der Waals surface area contributed by atoms with Crippen molar-refractivity contribution in [2.24, 2.45) is 0 Å². The third-order valence-corrected chi connectivity index (χ3v) is 3.98. The zero-order valence-electron chi connectivity index (χ0n) is 15.1. The van der Waals surface area contributed by atoms with Crippen LogP contribution < -0.4 is 0 Å². The quantitative estimate of drug-likeness (QED) is 0.214. The van der Waals surface area contributed by atoms with Crippen molar-refractivity contribution >= 4 is 11.9 Å². The number of unbranched alkanes of at least 4 members (excludes halogenated alkanes) is 8. The van der Waals surface area contributed by atoms with Crippen LogP contribution in [0.3, 0.4) is 0 Å². The van der Waals surface area contributed by atoms with Gasteiger partial charge in [-0.05, 0) is 44.9 Å². The van der Waals surface area contributed by atoms with Gasteiger partial charge >= 0.3 is 11.9 Å². The lowest BCUT2D eigenvalue weighted by Crippen LogP contribution is -2.00. The van der Waals surface area contributed by atoms with Crippen molar-refractivity contribution in [1.29, 1.82) is 0 Å². The first kappa shape index (κ1) is 22.4. The second kappa shape index (κ2) is 16.3. The predicted octanol–water partition coefficient (Wildman–Crippen LogP) is 5.73. The molecule has 0 aliphatic carbocycles. The Morgan fingerprint density at radius 1 is 0.750 bits per heavy atom. The number of aliphatic carboxylic acids is 2. The Balaban J connectivity index is 3.81. The van der Waals surface area contributed by atoms with Gasteiger partial charge in [0.15, 0.2) is 0 Å². The molecule has 138 valence electrons. The van der Waals surface area contributed by atoms with E-state index in [9.17, 15) is 14.7 Å². The molecule has 0 aliphatic rings. The molecule has 0 amide bonds. The highest BCUT2D eigenvalue weighted by molar-refractivity contribution is 5.86. The first-order valence-electron chi connectivity index (χ1n) is 9.37. The van der Waals surface area contributed by atoms with Crippen LogP contribution in [-0.2, 0) is 9.59 Å². The molecule has 0 aromatic heterocycles. The highest BCUT2D eigenvalue weighted by atomic mass is 16.4. The normalized spacial score (nSPS) is 12.0. The van der Waals surface area contributed by atoms with Gasteiger partial charge in [-0.2, -0.15) is 0 Å². The Hall–Kier alpha value is -1.58. The Labute approximate surface area is 146 Å². The molecular formula is C20H34O4.